The summed E-state index contributed by atoms with van der Waals surface area (Å²) in [6, 6.07) is 11.2. The molecule has 2 aromatic carbocycles. The van der Waals surface area contributed by atoms with Crippen molar-refractivity contribution in [3.63, 3.8) is 0 Å². The van der Waals surface area contributed by atoms with E-state index in [-0.39, 0.29) is 11.4 Å². The van der Waals surface area contributed by atoms with Crippen LogP contribution in [0.3, 0.4) is 0 Å². The summed E-state index contributed by atoms with van der Waals surface area (Å²) in [6.07, 6.45) is -3.38. The van der Waals surface area contributed by atoms with Gasteiger partial charge in [-0.1, -0.05) is 24.3 Å². The smallest absolute Gasteiger partial charge is 0.376 e. The molecule has 1 aliphatic carbocycles. The van der Waals surface area contributed by atoms with Crippen molar-refractivity contribution in [1.29, 1.82) is 0 Å². The summed E-state index contributed by atoms with van der Waals surface area (Å²) in [5.41, 5.74) is 0.602. The Bertz CT molecular complexity index is 868. The van der Waals surface area contributed by atoms with Crippen LogP contribution in [0.1, 0.15) is 16.7 Å². The molecule has 3 rings (SSSR count). The number of fused-ring (bicyclic) bond motifs is 1. The molecule has 0 atom stereocenters. The number of nitrogens with one attached hydrogen (secondary N) is 1. The second-order valence-electron chi connectivity index (χ2n) is 6.36. The Morgan fingerprint density at radius 3 is 2.04 bits per heavy atom. The highest BCUT2D eigenvalue weighted by atomic mass is 32.2. The third kappa shape index (κ3) is 3.77. The van der Waals surface area contributed by atoms with E-state index in [9.17, 15) is 21.6 Å². The quantitative estimate of drug-likeness (QED) is 0.860. The van der Waals surface area contributed by atoms with Gasteiger partial charge in [0.15, 0.2) is 0 Å². The Balaban J connectivity index is 1.74. The van der Waals surface area contributed by atoms with Gasteiger partial charge in [-0.15, -0.1) is 0 Å². The van der Waals surface area contributed by atoms with E-state index >= 15 is 0 Å². The number of hydrogen-bond acceptors (Lipinski definition) is 3. The number of benzene rings is 2. The molecule has 0 saturated carbocycles. The number of methoxy groups -OCH3 is 1. The molecule has 2 aromatic rings. The second kappa shape index (κ2) is 6.68. The van der Waals surface area contributed by atoms with Crippen LogP contribution in [-0.4, -0.2) is 27.7 Å². The lowest BCUT2D eigenvalue weighted by molar-refractivity contribution is -0.137. The van der Waals surface area contributed by atoms with Crippen molar-refractivity contribution < 1.29 is 26.3 Å². The van der Waals surface area contributed by atoms with E-state index in [0.717, 1.165) is 35.4 Å². The van der Waals surface area contributed by atoms with Gasteiger partial charge < -0.3 is 4.74 Å². The fraction of sp³-hybridized carbons (Fsp3) is 0.333. The normalized spacial score (nSPS) is 16.5. The summed E-state index contributed by atoms with van der Waals surface area (Å²) in [6.45, 7) is 0.0293. The van der Waals surface area contributed by atoms with Gasteiger partial charge >= 0.3 is 6.18 Å². The maximum absolute atomic E-state index is 12.6. The van der Waals surface area contributed by atoms with Crippen LogP contribution in [0, 0.1) is 0 Å². The molecule has 0 heterocycles. The van der Waals surface area contributed by atoms with Gasteiger partial charge in [0.25, 0.3) is 0 Å². The van der Waals surface area contributed by atoms with Crippen LogP contribution < -0.4 is 4.72 Å². The molecule has 0 spiro atoms. The van der Waals surface area contributed by atoms with Crippen LogP contribution in [0.4, 0.5) is 13.2 Å². The molecule has 8 heteroatoms. The molecule has 0 radical (unpaired) electrons. The molecule has 0 amide bonds. The van der Waals surface area contributed by atoms with Gasteiger partial charge in [-0.25, -0.2) is 13.1 Å². The van der Waals surface area contributed by atoms with Crippen LogP contribution in [0.2, 0.25) is 0 Å². The van der Waals surface area contributed by atoms with E-state index in [0.29, 0.717) is 12.8 Å². The van der Waals surface area contributed by atoms with Crippen molar-refractivity contribution in [2.75, 3.05) is 13.7 Å². The highest BCUT2D eigenvalue weighted by Gasteiger charge is 2.38. The standard InChI is InChI=1S/C18H18F3NO3S/c1-25-17(10-13-4-2-3-5-14(13)11-17)12-22-26(23,24)16-8-6-15(7-9-16)18(19,20)21/h2-9,22H,10-12H2,1H3. The number of halogens is 3. The molecule has 0 bridgehead atoms. The van der Waals surface area contributed by atoms with Gasteiger partial charge in [0, 0.05) is 26.5 Å². The average Bonchev–Trinajstić information content (AvgIpc) is 2.99. The Hall–Kier alpha value is -1.90. The van der Waals surface area contributed by atoms with Crippen LogP contribution in [-0.2, 0) is 33.8 Å². The molecule has 4 nitrogen and oxygen atoms in total. The first-order chi connectivity index (χ1) is 12.2. The van der Waals surface area contributed by atoms with E-state index in [1.165, 1.54) is 7.11 Å². The summed E-state index contributed by atoms with van der Waals surface area (Å²) in [4.78, 5) is -0.215. The van der Waals surface area contributed by atoms with E-state index in [4.69, 9.17) is 4.74 Å². The highest BCUT2D eigenvalue weighted by molar-refractivity contribution is 7.89. The Morgan fingerprint density at radius 1 is 1.04 bits per heavy atom. The first-order valence-electron chi connectivity index (χ1n) is 7.94. The van der Waals surface area contributed by atoms with Crippen molar-refractivity contribution in [3.8, 4) is 0 Å². The molecule has 1 aliphatic rings. The summed E-state index contributed by atoms with van der Waals surface area (Å²) < 4.78 is 70.8. The van der Waals surface area contributed by atoms with Crippen molar-refractivity contribution in [2.24, 2.45) is 0 Å². The number of rotatable bonds is 5. The Labute approximate surface area is 150 Å². The van der Waals surface area contributed by atoms with Crippen molar-refractivity contribution in [3.05, 3.63) is 65.2 Å². The van der Waals surface area contributed by atoms with E-state index in [1.54, 1.807) is 0 Å². The molecule has 26 heavy (non-hydrogen) atoms. The minimum atomic E-state index is -4.51. The number of alkyl halides is 3. The van der Waals surface area contributed by atoms with Crippen LogP contribution in [0.25, 0.3) is 0 Å². The van der Waals surface area contributed by atoms with E-state index in [1.807, 2.05) is 24.3 Å². The highest BCUT2D eigenvalue weighted by Crippen LogP contribution is 2.33. The van der Waals surface area contributed by atoms with Crippen LogP contribution in [0.15, 0.2) is 53.4 Å². The predicted molar refractivity (Wildman–Crippen MR) is 90.2 cm³/mol. The lowest BCUT2D eigenvalue weighted by Crippen LogP contribution is -2.45. The Kier molecular flexibility index (Phi) is 4.85. The first-order valence-corrected chi connectivity index (χ1v) is 9.42. The molecule has 0 aromatic heterocycles. The van der Waals surface area contributed by atoms with Gasteiger partial charge in [-0.3, -0.25) is 0 Å². The third-order valence-electron chi connectivity index (χ3n) is 4.65. The molecule has 0 saturated heterocycles. The van der Waals surface area contributed by atoms with E-state index in [2.05, 4.69) is 4.72 Å². The molecule has 0 unspecified atom stereocenters. The molecular formula is C18H18F3NO3S. The van der Waals surface area contributed by atoms with Crippen molar-refractivity contribution in [2.45, 2.75) is 29.5 Å². The monoisotopic (exact) mass is 385 g/mol. The summed E-state index contributed by atoms with van der Waals surface area (Å²) in [5.74, 6) is 0. The fourth-order valence-corrected chi connectivity index (χ4v) is 4.25. The van der Waals surface area contributed by atoms with Gasteiger partial charge in [-0.05, 0) is 35.4 Å². The predicted octanol–water partition coefficient (Wildman–Crippen LogP) is 3.17. The molecule has 0 fully saturated rings. The number of ether oxygens (including phenoxy) is 1. The molecule has 0 aliphatic heterocycles. The van der Waals surface area contributed by atoms with Crippen LogP contribution in [0.5, 0.6) is 0 Å². The zero-order chi connectivity index (χ0) is 19.0. The largest absolute Gasteiger partial charge is 0.416 e. The van der Waals surface area contributed by atoms with Crippen molar-refractivity contribution in [1.82, 2.24) is 4.72 Å². The van der Waals surface area contributed by atoms with E-state index < -0.39 is 27.4 Å². The third-order valence-corrected chi connectivity index (χ3v) is 6.07. The second-order valence-corrected chi connectivity index (χ2v) is 8.12. The van der Waals surface area contributed by atoms with Gasteiger partial charge in [0.05, 0.1) is 16.1 Å². The van der Waals surface area contributed by atoms with Gasteiger partial charge in [0.1, 0.15) is 0 Å². The first kappa shape index (κ1) is 18.9. The minimum absolute atomic E-state index is 0.0293. The summed E-state index contributed by atoms with van der Waals surface area (Å²) in [5, 5.41) is 0. The summed E-state index contributed by atoms with van der Waals surface area (Å²) >= 11 is 0. The topological polar surface area (TPSA) is 55.4 Å². The number of sulfonamides is 1. The summed E-state index contributed by atoms with van der Waals surface area (Å²) in [7, 11) is -2.42. The minimum Gasteiger partial charge on any atom is -0.376 e. The van der Waals surface area contributed by atoms with Gasteiger partial charge in [-0.2, -0.15) is 13.2 Å². The average molecular weight is 385 g/mol. The zero-order valence-electron chi connectivity index (χ0n) is 14.0. The maximum atomic E-state index is 12.6. The fourth-order valence-electron chi connectivity index (χ4n) is 3.13. The number of hydrogen-bond donors (Lipinski definition) is 1. The zero-order valence-corrected chi connectivity index (χ0v) is 14.8. The van der Waals surface area contributed by atoms with Crippen molar-refractivity contribution >= 4 is 10.0 Å². The molecule has 1 N–H and O–H groups in total. The lowest BCUT2D eigenvalue weighted by atomic mass is 10.0. The maximum Gasteiger partial charge on any atom is 0.416 e. The molecular weight excluding hydrogens is 367 g/mol. The van der Waals surface area contributed by atoms with Crippen LogP contribution >= 0.6 is 0 Å². The van der Waals surface area contributed by atoms with Gasteiger partial charge in [0.2, 0.25) is 10.0 Å². The Morgan fingerprint density at radius 2 is 1.58 bits per heavy atom. The molecule has 140 valence electrons. The lowest BCUT2D eigenvalue weighted by Gasteiger charge is -2.27. The SMILES string of the molecule is COC1(CNS(=O)(=O)c2ccc(C(F)(F)F)cc2)Cc2ccccc2C1.